The van der Waals surface area contributed by atoms with E-state index in [1.807, 2.05) is 13.8 Å². The molecule has 0 heterocycles. The minimum Gasteiger partial charge on any atom is -0.478 e. The van der Waals surface area contributed by atoms with Crippen molar-refractivity contribution in [3.05, 3.63) is 47.0 Å². The van der Waals surface area contributed by atoms with Gasteiger partial charge >= 0.3 is 5.97 Å². The van der Waals surface area contributed by atoms with Crippen molar-refractivity contribution in [3.8, 4) is 0 Å². The molecule has 0 radical (unpaired) electrons. The molecule has 0 unspecified atom stereocenters. The van der Waals surface area contributed by atoms with Crippen molar-refractivity contribution in [1.29, 1.82) is 0 Å². The molecule has 0 spiro atoms. The molecule has 0 atom stereocenters. The van der Waals surface area contributed by atoms with Gasteiger partial charge in [-0.3, -0.25) is 4.79 Å². The Morgan fingerprint density at radius 2 is 1.84 bits per heavy atom. The maximum absolute atomic E-state index is 12.3. The average molecular weight is 261 g/mol. The normalized spacial score (nSPS) is 10.1. The monoisotopic (exact) mass is 261 g/mol. The van der Waals surface area contributed by atoms with Crippen molar-refractivity contribution in [2.24, 2.45) is 0 Å². The topological polar surface area (TPSA) is 57.6 Å². The minimum atomic E-state index is -1.03. The third-order valence-electron chi connectivity index (χ3n) is 2.70. The molecule has 0 aliphatic carbocycles. The van der Waals surface area contributed by atoms with Crippen molar-refractivity contribution < 1.29 is 14.7 Å². The molecule has 0 saturated carbocycles. The van der Waals surface area contributed by atoms with E-state index in [0.717, 1.165) is 11.1 Å². The fourth-order valence-electron chi connectivity index (χ4n) is 1.87. The quantitative estimate of drug-likeness (QED) is 0.829. The molecule has 1 aromatic rings. The lowest BCUT2D eigenvalue weighted by Gasteiger charge is -2.21. The van der Waals surface area contributed by atoms with Crippen molar-refractivity contribution >= 4 is 11.9 Å². The summed E-state index contributed by atoms with van der Waals surface area (Å²) in [5.41, 5.74) is 2.19. The minimum absolute atomic E-state index is 0.134. The lowest BCUT2D eigenvalue weighted by molar-refractivity contribution is 0.0696. The van der Waals surface area contributed by atoms with Crippen LogP contribution in [0.5, 0.6) is 0 Å². The first-order chi connectivity index (χ1) is 8.85. The van der Waals surface area contributed by atoms with E-state index >= 15 is 0 Å². The second kappa shape index (κ2) is 6.18. The highest BCUT2D eigenvalue weighted by Crippen LogP contribution is 2.13. The Hall–Kier alpha value is -2.10. The number of nitrogens with zero attached hydrogens (tertiary/aromatic N) is 1. The summed E-state index contributed by atoms with van der Waals surface area (Å²) in [5, 5.41) is 9.02. The number of carboxylic acids is 1. The summed E-state index contributed by atoms with van der Waals surface area (Å²) < 4.78 is 0. The SMILES string of the molecule is C=C(C)CN(CC)C(=O)c1cc(C)cc(C(=O)O)c1. The van der Waals surface area contributed by atoms with Crippen LogP contribution < -0.4 is 0 Å². The zero-order valence-corrected chi connectivity index (χ0v) is 11.6. The van der Waals surface area contributed by atoms with Crippen LogP contribution in [-0.2, 0) is 0 Å². The van der Waals surface area contributed by atoms with Gasteiger partial charge in [-0.05, 0) is 44.5 Å². The number of rotatable bonds is 5. The zero-order valence-electron chi connectivity index (χ0n) is 11.6. The number of hydrogen-bond acceptors (Lipinski definition) is 2. The van der Waals surface area contributed by atoms with E-state index in [4.69, 9.17) is 5.11 Å². The van der Waals surface area contributed by atoms with Crippen LogP contribution >= 0.6 is 0 Å². The van der Waals surface area contributed by atoms with Crippen LogP contribution in [0.1, 0.15) is 40.1 Å². The zero-order chi connectivity index (χ0) is 14.6. The summed E-state index contributed by atoms with van der Waals surface area (Å²) in [6, 6.07) is 4.67. The molecule has 0 fully saturated rings. The largest absolute Gasteiger partial charge is 0.478 e. The van der Waals surface area contributed by atoms with Crippen molar-refractivity contribution in [2.75, 3.05) is 13.1 Å². The molecule has 1 N–H and O–H groups in total. The molecular formula is C15H19NO3. The van der Waals surface area contributed by atoms with E-state index < -0.39 is 5.97 Å². The Morgan fingerprint density at radius 3 is 2.32 bits per heavy atom. The summed E-state index contributed by atoms with van der Waals surface area (Å²) in [5.74, 6) is -1.20. The van der Waals surface area contributed by atoms with E-state index in [2.05, 4.69) is 6.58 Å². The van der Waals surface area contributed by atoms with E-state index in [9.17, 15) is 9.59 Å². The predicted octanol–water partition coefficient (Wildman–Crippen LogP) is 2.73. The van der Waals surface area contributed by atoms with Gasteiger partial charge < -0.3 is 10.0 Å². The van der Waals surface area contributed by atoms with E-state index in [-0.39, 0.29) is 11.5 Å². The predicted molar refractivity (Wildman–Crippen MR) is 74.5 cm³/mol. The number of aryl methyl sites for hydroxylation is 1. The fourth-order valence-corrected chi connectivity index (χ4v) is 1.87. The van der Waals surface area contributed by atoms with Gasteiger partial charge in [0.25, 0.3) is 5.91 Å². The first-order valence-corrected chi connectivity index (χ1v) is 6.13. The Labute approximate surface area is 113 Å². The summed E-state index contributed by atoms with van der Waals surface area (Å²) >= 11 is 0. The van der Waals surface area contributed by atoms with Crippen LogP contribution in [0.25, 0.3) is 0 Å². The van der Waals surface area contributed by atoms with Gasteiger partial charge in [0, 0.05) is 18.7 Å². The third-order valence-corrected chi connectivity index (χ3v) is 2.70. The molecule has 1 amide bonds. The number of carboxylic acid groups (broad SMARTS) is 1. The number of carbonyl (C=O) groups is 2. The third kappa shape index (κ3) is 3.95. The first-order valence-electron chi connectivity index (χ1n) is 6.13. The van der Waals surface area contributed by atoms with Crippen LogP contribution in [0.15, 0.2) is 30.4 Å². The molecule has 4 nitrogen and oxygen atoms in total. The lowest BCUT2D eigenvalue weighted by atomic mass is 10.1. The van der Waals surface area contributed by atoms with Crippen molar-refractivity contribution in [3.63, 3.8) is 0 Å². The number of benzene rings is 1. The highest BCUT2D eigenvalue weighted by atomic mass is 16.4. The van der Waals surface area contributed by atoms with Gasteiger partial charge in [0.05, 0.1) is 5.56 Å². The Balaban J connectivity index is 3.10. The lowest BCUT2D eigenvalue weighted by Crippen LogP contribution is -2.32. The molecule has 0 aliphatic rings. The van der Waals surface area contributed by atoms with Gasteiger partial charge in [-0.1, -0.05) is 12.2 Å². The molecule has 0 aromatic heterocycles. The van der Waals surface area contributed by atoms with Crippen LogP contribution in [0, 0.1) is 6.92 Å². The van der Waals surface area contributed by atoms with Crippen molar-refractivity contribution in [1.82, 2.24) is 4.90 Å². The molecule has 102 valence electrons. The Bertz CT molecular complexity index is 520. The van der Waals surface area contributed by atoms with Gasteiger partial charge in [0.1, 0.15) is 0 Å². The van der Waals surface area contributed by atoms with Gasteiger partial charge in [-0.15, -0.1) is 0 Å². The maximum atomic E-state index is 12.3. The van der Waals surface area contributed by atoms with Gasteiger partial charge in [-0.25, -0.2) is 4.79 Å². The van der Waals surface area contributed by atoms with Gasteiger partial charge in [0.2, 0.25) is 0 Å². The standard InChI is InChI=1S/C15H19NO3/c1-5-16(9-10(2)3)14(17)12-6-11(4)7-13(8-12)15(18)19/h6-8H,2,5,9H2,1,3-4H3,(H,18,19). The molecule has 0 aliphatic heterocycles. The molecule has 1 rings (SSSR count). The van der Waals surface area contributed by atoms with Crippen LogP contribution in [0.2, 0.25) is 0 Å². The molecule has 1 aromatic carbocycles. The number of amides is 1. The van der Waals surface area contributed by atoms with E-state index in [1.54, 1.807) is 24.0 Å². The second-order valence-corrected chi connectivity index (χ2v) is 4.67. The van der Waals surface area contributed by atoms with Crippen molar-refractivity contribution in [2.45, 2.75) is 20.8 Å². The summed E-state index contributed by atoms with van der Waals surface area (Å²) in [7, 11) is 0. The van der Waals surface area contributed by atoms with Crippen LogP contribution in [0.4, 0.5) is 0 Å². The van der Waals surface area contributed by atoms with Gasteiger partial charge in [0.15, 0.2) is 0 Å². The summed E-state index contributed by atoms with van der Waals surface area (Å²) in [6.07, 6.45) is 0. The Morgan fingerprint density at radius 1 is 1.26 bits per heavy atom. The highest BCUT2D eigenvalue weighted by molar-refractivity contribution is 5.97. The smallest absolute Gasteiger partial charge is 0.335 e. The number of likely N-dealkylation sites (N-methyl/N-ethyl adjacent to an activating group) is 1. The van der Waals surface area contributed by atoms with Crippen LogP contribution in [0.3, 0.4) is 0 Å². The highest BCUT2D eigenvalue weighted by Gasteiger charge is 2.16. The maximum Gasteiger partial charge on any atom is 0.335 e. The second-order valence-electron chi connectivity index (χ2n) is 4.67. The van der Waals surface area contributed by atoms with Crippen LogP contribution in [-0.4, -0.2) is 35.0 Å². The van der Waals surface area contributed by atoms with E-state index in [1.165, 1.54) is 6.07 Å². The molecular weight excluding hydrogens is 242 g/mol. The average Bonchev–Trinajstić information content (AvgIpc) is 2.34. The summed E-state index contributed by atoms with van der Waals surface area (Å²) in [6.45, 7) is 10.3. The molecule has 0 bridgehead atoms. The van der Waals surface area contributed by atoms with E-state index in [0.29, 0.717) is 18.7 Å². The number of hydrogen-bond donors (Lipinski definition) is 1. The Kier molecular flexibility index (Phi) is 4.87. The number of carbonyl (C=O) groups excluding carboxylic acids is 1. The van der Waals surface area contributed by atoms with Gasteiger partial charge in [-0.2, -0.15) is 0 Å². The fraction of sp³-hybridized carbons (Fsp3) is 0.333. The number of aromatic carboxylic acids is 1. The molecule has 4 heteroatoms. The summed E-state index contributed by atoms with van der Waals surface area (Å²) in [4.78, 5) is 25.0. The molecule has 0 saturated heterocycles. The molecule has 19 heavy (non-hydrogen) atoms. The first kappa shape index (κ1) is 15.0.